The van der Waals surface area contributed by atoms with Crippen molar-refractivity contribution in [2.75, 3.05) is 19.6 Å². The Morgan fingerprint density at radius 3 is 2.47 bits per heavy atom. The number of nitrogens with two attached hydrogens (primary N) is 1. The molecule has 5 heteroatoms. The Morgan fingerprint density at radius 1 is 1.42 bits per heavy atom. The molecule has 0 saturated carbocycles. The van der Waals surface area contributed by atoms with E-state index in [9.17, 15) is 4.79 Å². The SMILES string of the molecule is CCCN(CC(C)(C)CN)C(=O)c1oc(C)nc1C. The second kappa shape index (κ2) is 6.19. The van der Waals surface area contributed by atoms with Gasteiger partial charge in [0.2, 0.25) is 5.76 Å². The van der Waals surface area contributed by atoms with Crippen molar-refractivity contribution in [3.05, 3.63) is 17.3 Å². The molecule has 1 heterocycles. The zero-order chi connectivity index (χ0) is 14.6. The van der Waals surface area contributed by atoms with E-state index < -0.39 is 0 Å². The minimum Gasteiger partial charge on any atom is -0.436 e. The summed E-state index contributed by atoms with van der Waals surface area (Å²) in [4.78, 5) is 18.5. The zero-order valence-electron chi connectivity index (χ0n) is 12.6. The molecule has 0 saturated heterocycles. The first-order chi connectivity index (χ1) is 8.80. The highest BCUT2D eigenvalue weighted by Gasteiger charge is 2.27. The molecule has 108 valence electrons. The fraction of sp³-hybridized carbons (Fsp3) is 0.714. The van der Waals surface area contributed by atoms with Gasteiger partial charge in [0, 0.05) is 20.0 Å². The summed E-state index contributed by atoms with van der Waals surface area (Å²) >= 11 is 0. The molecule has 0 aliphatic heterocycles. The maximum Gasteiger partial charge on any atom is 0.291 e. The number of carbonyl (C=O) groups is 1. The molecule has 0 fully saturated rings. The minimum absolute atomic E-state index is 0.0959. The van der Waals surface area contributed by atoms with Crippen LogP contribution in [0.2, 0.25) is 0 Å². The van der Waals surface area contributed by atoms with Crippen molar-refractivity contribution in [2.24, 2.45) is 11.1 Å². The van der Waals surface area contributed by atoms with E-state index in [-0.39, 0.29) is 11.3 Å². The van der Waals surface area contributed by atoms with Crippen LogP contribution in [0.25, 0.3) is 0 Å². The highest BCUT2D eigenvalue weighted by Crippen LogP contribution is 2.19. The predicted octanol–water partition coefficient (Wildman–Crippen LogP) is 2.13. The highest BCUT2D eigenvalue weighted by molar-refractivity contribution is 5.92. The third kappa shape index (κ3) is 4.06. The van der Waals surface area contributed by atoms with E-state index in [1.807, 2.05) is 6.92 Å². The molecule has 0 aliphatic carbocycles. The molecule has 19 heavy (non-hydrogen) atoms. The standard InChI is InChI=1S/C14H25N3O2/c1-6-7-17(9-14(4,5)8-15)13(18)12-10(2)16-11(3)19-12/h6-9,15H2,1-5H3. The lowest BCUT2D eigenvalue weighted by atomic mass is 9.93. The molecule has 1 aromatic rings. The van der Waals surface area contributed by atoms with Gasteiger partial charge in [-0.25, -0.2) is 4.98 Å². The summed E-state index contributed by atoms with van der Waals surface area (Å²) in [6.07, 6.45) is 0.901. The Bertz CT molecular complexity index is 438. The first kappa shape index (κ1) is 15.7. The number of amides is 1. The molecule has 0 aliphatic rings. The van der Waals surface area contributed by atoms with Gasteiger partial charge in [0.15, 0.2) is 5.89 Å². The summed E-state index contributed by atoms with van der Waals surface area (Å²) in [5, 5.41) is 0. The summed E-state index contributed by atoms with van der Waals surface area (Å²) < 4.78 is 5.42. The Balaban J connectivity index is 2.93. The molecule has 0 unspecified atom stereocenters. The molecule has 0 radical (unpaired) electrons. The molecule has 0 spiro atoms. The van der Waals surface area contributed by atoms with Gasteiger partial charge in [-0.1, -0.05) is 20.8 Å². The van der Waals surface area contributed by atoms with E-state index in [1.165, 1.54) is 0 Å². The monoisotopic (exact) mass is 267 g/mol. The highest BCUT2D eigenvalue weighted by atomic mass is 16.4. The van der Waals surface area contributed by atoms with Crippen LogP contribution in [0.4, 0.5) is 0 Å². The van der Waals surface area contributed by atoms with Crippen molar-refractivity contribution in [1.82, 2.24) is 9.88 Å². The van der Waals surface area contributed by atoms with Crippen LogP contribution in [0, 0.1) is 19.3 Å². The molecule has 5 nitrogen and oxygen atoms in total. The molecule has 0 atom stereocenters. The summed E-state index contributed by atoms with van der Waals surface area (Å²) in [5.74, 6) is 0.774. The molecule has 1 amide bonds. The van der Waals surface area contributed by atoms with E-state index >= 15 is 0 Å². The van der Waals surface area contributed by atoms with Crippen molar-refractivity contribution in [3.8, 4) is 0 Å². The molecule has 0 aromatic carbocycles. The third-order valence-electron chi connectivity index (χ3n) is 3.05. The fourth-order valence-electron chi connectivity index (χ4n) is 1.98. The van der Waals surface area contributed by atoms with Gasteiger partial charge in [-0.15, -0.1) is 0 Å². The second-order valence-corrected chi connectivity index (χ2v) is 5.74. The van der Waals surface area contributed by atoms with Crippen LogP contribution in [0.1, 0.15) is 49.3 Å². The molecule has 1 aromatic heterocycles. The van der Waals surface area contributed by atoms with Crippen LogP contribution >= 0.6 is 0 Å². The minimum atomic E-state index is -0.103. The summed E-state index contributed by atoms with van der Waals surface area (Å²) in [5.41, 5.74) is 6.29. The van der Waals surface area contributed by atoms with Gasteiger partial charge in [-0.2, -0.15) is 0 Å². The number of aromatic nitrogens is 1. The number of aryl methyl sites for hydroxylation is 2. The Morgan fingerprint density at radius 2 is 2.05 bits per heavy atom. The van der Waals surface area contributed by atoms with E-state index in [0.29, 0.717) is 37.0 Å². The lowest BCUT2D eigenvalue weighted by Gasteiger charge is -2.31. The number of oxazole rings is 1. The summed E-state index contributed by atoms with van der Waals surface area (Å²) in [7, 11) is 0. The Kier molecular flexibility index (Phi) is 5.11. The topological polar surface area (TPSA) is 72.4 Å². The van der Waals surface area contributed by atoms with E-state index in [2.05, 4.69) is 18.8 Å². The number of hydrogen-bond acceptors (Lipinski definition) is 4. The van der Waals surface area contributed by atoms with Crippen LogP contribution in [-0.2, 0) is 0 Å². The quantitative estimate of drug-likeness (QED) is 0.857. The van der Waals surface area contributed by atoms with Crippen LogP contribution in [0.15, 0.2) is 4.42 Å². The maximum atomic E-state index is 12.5. The summed E-state index contributed by atoms with van der Waals surface area (Å²) in [6.45, 7) is 11.6. The van der Waals surface area contributed by atoms with Gasteiger partial charge in [0.25, 0.3) is 5.91 Å². The molecule has 0 bridgehead atoms. The van der Waals surface area contributed by atoms with Crippen molar-refractivity contribution < 1.29 is 9.21 Å². The van der Waals surface area contributed by atoms with Gasteiger partial charge >= 0.3 is 0 Å². The third-order valence-corrected chi connectivity index (χ3v) is 3.05. The first-order valence-electron chi connectivity index (χ1n) is 6.74. The fourth-order valence-corrected chi connectivity index (χ4v) is 1.98. The van der Waals surface area contributed by atoms with E-state index in [4.69, 9.17) is 10.2 Å². The van der Waals surface area contributed by atoms with Gasteiger partial charge in [0.1, 0.15) is 0 Å². The van der Waals surface area contributed by atoms with E-state index in [1.54, 1.807) is 18.7 Å². The van der Waals surface area contributed by atoms with Crippen LogP contribution < -0.4 is 5.73 Å². The number of rotatable bonds is 6. The van der Waals surface area contributed by atoms with Gasteiger partial charge in [-0.05, 0) is 25.3 Å². The van der Waals surface area contributed by atoms with Gasteiger partial charge < -0.3 is 15.1 Å². The van der Waals surface area contributed by atoms with Crippen LogP contribution in [-0.4, -0.2) is 35.4 Å². The van der Waals surface area contributed by atoms with Gasteiger partial charge in [0.05, 0.1) is 5.69 Å². The molecule has 2 N–H and O–H groups in total. The lowest BCUT2D eigenvalue weighted by Crippen LogP contribution is -2.42. The van der Waals surface area contributed by atoms with Crippen molar-refractivity contribution in [2.45, 2.75) is 41.0 Å². The summed E-state index contributed by atoms with van der Waals surface area (Å²) in [6, 6.07) is 0. The average Bonchev–Trinajstić information content (AvgIpc) is 2.67. The van der Waals surface area contributed by atoms with Crippen LogP contribution in [0.3, 0.4) is 0 Å². The molecular weight excluding hydrogens is 242 g/mol. The predicted molar refractivity (Wildman–Crippen MR) is 75.0 cm³/mol. The first-order valence-corrected chi connectivity index (χ1v) is 6.74. The van der Waals surface area contributed by atoms with Crippen molar-refractivity contribution in [3.63, 3.8) is 0 Å². The Labute approximate surface area is 115 Å². The second-order valence-electron chi connectivity index (χ2n) is 5.74. The van der Waals surface area contributed by atoms with Crippen molar-refractivity contribution >= 4 is 5.91 Å². The lowest BCUT2D eigenvalue weighted by molar-refractivity contribution is 0.0655. The largest absolute Gasteiger partial charge is 0.436 e. The smallest absolute Gasteiger partial charge is 0.291 e. The van der Waals surface area contributed by atoms with Crippen LogP contribution in [0.5, 0.6) is 0 Å². The number of nitrogens with zero attached hydrogens (tertiary/aromatic N) is 2. The number of hydrogen-bond donors (Lipinski definition) is 1. The molecular formula is C14H25N3O2. The van der Waals surface area contributed by atoms with E-state index in [0.717, 1.165) is 6.42 Å². The number of carbonyl (C=O) groups excluding carboxylic acids is 1. The zero-order valence-corrected chi connectivity index (χ0v) is 12.6. The molecule has 1 rings (SSSR count). The maximum absolute atomic E-state index is 12.5. The van der Waals surface area contributed by atoms with Gasteiger partial charge in [-0.3, -0.25) is 4.79 Å². The average molecular weight is 267 g/mol. The Hall–Kier alpha value is -1.36. The van der Waals surface area contributed by atoms with Crippen molar-refractivity contribution in [1.29, 1.82) is 0 Å². The normalized spacial score (nSPS) is 11.7.